The molecule has 1 N–H and O–H groups in total. The fourth-order valence-corrected chi connectivity index (χ4v) is 1.86. The molecule has 0 radical (unpaired) electrons. The second kappa shape index (κ2) is 6.79. The summed E-state index contributed by atoms with van der Waals surface area (Å²) in [6, 6.07) is 5.52. The van der Waals surface area contributed by atoms with Crippen LogP contribution in [0.25, 0.3) is 0 Å². The second-order valence-electron chi connectivity index (χ2n) is 4.23. The average molecular weight is 279 g/mol. The van der Waals surface area contributed by atoms with Crippen molar-refractivity contribution in [1.82, 2.24) is 5.32 Å². The molecule has 0 unspecified atom stereocenters. The van der Waals surface area contributed by atoms with Crippen molar-refractivity contribution < 1.29 is 23.8 Å². The number of rotatable bonds is 6. The Labute approximate surface area is 117 Å². The van der Waals surface area contributed by atoms with Crippen molar-refractivity contribution in [3.63, 3.8) is 0 Å². The number of para-hydroxylation sites is 1. The van der Waals surface area contributed by atoms with Gasteiger partial charge in [0, 0.05) is 18.5 Å². The van der Waals surface area contributed by atoms with Gasteiger partial charge in [0.15, 0.2) is 11.5 Å². The highest BCUT2D eigenvalue weighted by Crippen LogP contribution is 2.35. The standard InChI is InChI=1S/C14H17NO5/c1-2-18-13(17)7-6-12(16)15-8-10-4-3-5-11-14(10)20-9-19-11/h3-5H,2,6-9H2,1H3,(H,15,16). The maximum atomic E-state index is 11.6. The maximum Gasteiger partial charge on any atom is 0.306 e. The van der Waals surface area contributed by atoms with Crippen LogP contribution in [0.1, 0.15) is 25.3 Å². The Morgan fingerprint density at radius 2 is 2.15 bits per heavy atom. The van der Waals surface area contributed by atoms with Crippen LogP contribution in [-0.2, 0) is 20.9 Å². The monoisotopic (exact) mass is 279 g/mol. The molecule has 20 heavy (non-hydrogen) atoms. The lowest BCUT2D eigenvalue weighted by Crippen LogP contribution is -2.23. The van der Waals surface area contributed by atoms with Crippen LogP contribution in [0.2, 0.25) is 0 Å². The number of carbonyl (C=O) groups excluding carboxylic acids is 2. The Kier molecular flexibility index (Phi) is 4.81. The summed E-state index contributed by atoms with van der Waals surface area (Å²) in [7, 11) is 0. The molecule has 0 saturated heterocycles. The van der Waals surface area contributed by atoms with Crippen LogP contribution in [0, 0.1) is 0 Å². The van der Waals surface area contributed by atoms with Crippen molar-refractivity contribution in [3.05, 3.63) is 23.8 Å². The molecule has 1 aromatic carbocycles. The number of amides is 1. The Bertz CT molecular complexity index is 500. The molecule has 0 aromatic heterocycles. The third kappa shape index (κ3) is 3.63. The summed E-state index contributed by atoms with van der Waals surface area (Å²) in [5.74, 6) is 0.788. The van der Waals surface area contributed by atoms with Crippen LogP contribution in [0.3, 0.4) is 0 Å². The molecule has 108 valence electrons. The summed E-state index contributed by atoms with van der Waals surface area (Å²) in [6.07, 6.45) is 0.206. The fourth-order valence-electron chi connectivity index (χ4n) is 1.86. The van der Waals surface area contributed by atoms with E-state index in [4.69, 9.17) is 14.2 Å². The molecule has 0 atom stereocenters. The zero-order valence-corrected chi connectivity index (χ0v) is 11.3. The minimum atomic E-state index is -0.361. The predicted molar refractivity (Wildman–Crippen MR) is 70.3 cm³/mol. The molecule has 0 spiro atoms. The van der Waals surface area contributed by atoms with Crippen LogP contribution in [0.15, 0.2) is 18.2 Å². The topological polar surface area (TPSA) is 73.9 Å². The van der Waals surface area contributed by atoms with Gasteiger partial charge in [0.25, 0.3) is 0 Å². The van der Waals surface area contributed by atoms with Crippen LogP contribution in [0.5, 0.6) is 11.5 Å². The van der Waals surface area contributed by atoms with Crippen LogP contribution in [0.4, 0.5) is 0 Å². The van der Waals surface area contributed by atoms with Gasteiger partial charge in [-0.15, -0.1) is 0 Å². The number of hydrogen-bond donors (Lipinski definition) is 1. The predicted octanol–water partition coefficient (Wildman–Crippen LogP) is 1.37. The quantitative estimate of drug-likeness (QED) is 0.796. The SMILES string of the molecule is CCOC(=O)CCC(=O)NCc1cccc2c1OCO2. The zero-order chi connectivity index (χ0) is 14.4. The Morgan fingerprint density at radius 3 is 2.95 bits per heavy atom. The van der Waals surface area contributed by atoms with E-state index in [9.17, 15) is 9.59 Å². The first-order chi connectivity index (χ1) is 9.70. The summed E-state index contributed by atoms with van der Waals surface area (Å²) in [4.78, 5) is 22.8. The number of nitrogens with one attached hydrogen (secondary N) is 1. The molecule has 0 bridgehead atoms. The molecule has 1 aliphatic rings. The maximum absolute atomic E-state index is 11.6. The summed E-state index contributed by atoms with van der Waals surface area (Å²) < 4.78 is 15.4. The third-order valence-corrected chi connectivity index (χ3v) is 2.82. The molecular weight excluding hydrogens is 262 g/mol. The zero-order valence-electron chi connectivity index (χ0n) is 11.3. The van der Waals surface area contributed by atoms with Gasteiger partial charge in [-0.3, -0.25) is 9.59 Å². The van der Waals surface area contributed by atoms with E-state index >= 15 is 0 Å². The van der Waals surface area contributed by atoms with E-state index in [-0.39, 0.29) is 31.5 Å². The van der Waals surface area contributed by atoms with E-state index in [0.717, 1.165) is 5.56 Å². The van der Waals surface area contributed by atoms with Crippen molar-refractivity contribution >= 4 is 11.9 Å². The molecule has 0 fully saturated rings. The molecule has 6 nitrogen and oxygen atoms in total. The molecule has 1 heterocycles. The van der Waals surface area contributed by atoms with E-state index in [1.807, 2.05) is 18.2 Å². The molecule has 6 heteroatoms. The molecular formula is C14H17NO5. The van der Waals surface area contributed by atoms with Gasteiger partial charge in [0.1, 0.15) is 0 Å². The first-order valence-corrected chi connectivity index (χ1v) is 6.50. The summed E-state index contributed by atoms with van der Waals surface area (Å²) >= 11 is 0. The molecule has 1 amide bonds. The Balaban J connectivity index is 1.79. The first-order valence-electron chi connectivity index (χ1n) is 6.50. The van der Waals surface area contributed by atoms with Gasteiger partial charge in [-0.2, -0.15) is 0 Å². The van der Waals surface area contributed by atoms with Crippen molar-refractivity contribution in [1.29, 1.82) is 0 Å². The lowest BCUT2D eigenvalue weighted by atomic mass is 10.2. The average Bonchev–Trinajstić information content (AvgIpc) is 2.92. The van der Waals surface area contributed by atoms with Gasteiger partial charge < -0.3 is 19.5 Å². The number of fused-ring (bicyclic) bond motifs is 1. The lowest BCUT2D eigenvalue weighted by Gasteiger charge is -2.07. The Hall–Kier alpha value is -2.24. The van der Waals surface area contributed by atoms with Gasteiger partial charge >= 0.3 is 5.97 Å². The van der Waals surface area contributed by atoms with Crippen LogP contribution < -0.4 is 14.8 Å². The number of esters is 1. The minimum absolute atomic E-state index is 0.0895. The van der Waals surface area contributed by atoms with E-state index in [2.05, 4.69) is 5.32 Å². The van der Waals surface area contributed by atoms with Crippen LogP contribution in [-0.4, -0.2) is 25.3 Å². The minimum Gasteiger partial charge on any atom is -0.466 e. The highest BCUT2D eigenvalue weighted by molar-refractivity contribution is 5.81. The highest BCUT2D eigenvalue weighted by atomic mass is 16.7. The second-order valence-corrected chi connectivity index (χ2v) is 4.23. The van der Waals surface area contributed by atoms with Crippen molar-refractivity contribution in [2.75, 3.05) is 13.4 Å². The summed E-state index contributed by atoms with van der Waals surface area (Å²) in [5.41, 5.74) is 0.851. The number of hydrogen-bond acceptors (Lipinski definition) is 5. The van der Waals surface area contributed by atoms with Crippen molar-refractivity contribution in [2.24, 2.45) is 0 Å². The number of benzene rings is 1. The highest BCUT2D eigenvalue weighted by Gasteiger charge is 2.17. The smallest absolute Gasteiger partial charge is 0.306 e. The van der Waals surface area contributed by atoms with Crippen LogP contribution >= 0.6 is 0 Å². The third-order valence-electron chi connectivity index (χ3n) is 2.82. The lowest BCUT2D eigenvalue weighted by molar-refractivity contribution is -0.144. The number of carbonyl (C=O) groups is 2. The summed E-state index contributed by atoms with van der Waals surface area (Å²) in [6.45, 7) is 2.60. The van der Waals surface area contributed by atoms with Gasteiger partial charge in [0.2, 0.25) is 12.7 Å². The molecule has 2 rings (SSSR count). The summed E-state index contributed by atoms with van der Waals surface area (Å²) in [5, 5.41) is 2.74. The van der Waals surface area contributed by atoms with Gasteiger partial charge in [-0.05, 0) is 13.0 Å². The largest absolute Gasteiger partial charge is 0.466 e. The first kappa shape index (κ1) is 14.2. The molecule has 0 saturated carbocycles. The Morgan fingerprint density at radius 1 is 1.30 bits per heavy atom. The van der Waals surface area contributed by atoms with Gasteiger partial charge in [-0.25, -0.2) is 0 Å². The molecule has 1 aromatic rings. The molecule has 0 aliphatic carbocycles. The fraction of sp³-hybridized carbons (Fsp3) is 0.429. The van der Waals surface area contributed by atoms with E-state index in [1.54, 1.807) is 6.92 Å². The van der Waals surface area contributed by atoms with Crippen molar-refractivity contribution in [2.45, 2.75) is 26.3 Å². The van der Waals surface area contributed by atoms with E-state index in [0.29, 0.717) is 24.7 Å². The molecule has 1 aliphatic heterocycles. The van der Waals surface area contributed by atoms with Gasteiger partial charge in [-0.1, -0.05) is 12.1 Å². The van der Waals surface area contributed by atoms with Crippen molar-refractivity contribution in [3.8, 4) is 11.5 Å². The van der Waals surface area contributed by atoms with Gasteiger partial charge in [0.05, 0.1) is 13.0 Å². The number of ether oxygens (including phenoxy) is 3. The van der Waals surface area contributed by atoms with E-state index < -0.39 is 0 Å². The van der Waals surface area contributed by atoms with E-state index in [1.165, 1.54) is 0 Å². The normalized spacial score (nSPS) is 12.1.